The molecule has 80 valence electrons. The number of nitrogens with zero attached hydrogens (tertiary/aromatic N) is 2. The largest absolute Gasteiger partial charge is 0.396 e. The van der Waals surface area contributed by atoms with Crippen molar-refractivity contribution < 1.29 is 5.11 Å². The number of unbranched alkanes of at least 4 members (excludes halogenated alkanes) is 1. The van der Waals surface area contributed by atoms with Gasteiger partial charge in [-0.2, -0.15) is 5.10 Å². The maximum absolute atomic E-state index is 8.70. The topological polar surface area (TPSA) is 38.0 Å². The average Bonchev–Trinajstić information content (AvgIpc) is 2.61. The maximum Gasteiger partial charge on any atom is 0.0624 e. The standard InChI is InChI=1S/C11H20N2O/c1-3-10-9-11(7-5-6-8-14)13(4-2)12-10/h9,14H,3-8H2,1-2H3. The van der Waals surface area contributed by atoms with Crippen molar-refractivity contribution in [1.29, 1.82) is 0 Å². The number of aliphatic hydroxyl groups is 1. The van der Waals surface area contributed by atoms with Crippen molar-refractivity contribution in [2.75, 3.05) is 6.61 Å². The summed E-state index contributed by atoms with van der Waals surface area (Å²) in [5.41, 5.74) is 2.48. The van der Waals surface area contributed by atoms with Crippen molar-refractivity contribution in [2.24, 2.45) is 0 Å². The lowest BCUT2D eigenvalue weighted by molar-refractivity contribution is 0.284. The minimum Gasteiger partial charge on any atom is -0.396 e. The van der Waals surface area contributed by atoms with E-state index in [1.54, 1.807) is 0 Å². The Kier molecular flexibility index (Phi) is 4.66. The van der Waals surface area contributed by atoms with Gasteiger partial charge in [0.1, 0.15) is 0 Å². The molecular formula is C11H20N2O. The quantitative estimate of drug-likeness (QED) is 0.704. The molecule has 1 aromatic heterocycles. The molecule has 0 radical (unpaired) electrons. The molecule has 0 aliphatic heterocycles. The predicted molar refractivity (Wildman–Crippen MR) is 57.3 cm³/mol. The molecule has 0 amide bonds. The Bertz CT molecular complexity index is 268. The molecule has 1 aromatic rings. The van der Waals surface area contributed by atoms with Crippen LogP contribution >= 0.6 is 0 Å². The Labute approximate surface area is 85.8 Å². The Morgan fingerprint density at radius 1 is 1.36 bits per heavy atom. The van der Waals surface area contributed by atoms with Crippen LogP contribution in [-0.2, 0) is 19.4 Å². The first-order chi connectivity index (χ1) is 6.81. The van der Waals surface area contributed by atoms with Gasteiger partial charge < -0.3 is 5.11 Å². The van der Waals surface area contributed by atoms with Gasteiger partial charge in [0.15, 0.2) is 0 Å². The Morgan fingerprint density at radius 3 is 2.71 bits per heavy atom. The summed E-state index contributed by atoms with van der Waals surface area (Å²) in [4.78, 5) is 0. The van der Waals surface area contributed by atoms with E-state index in [0.717, 1.165) is 32.2 Å². The van der Waals surface area contributed by atoms with E-state index in [-0.39, 0.29) is 0 Å². The molecule has 3 nitrogen and oxygen atoms in total. The summed E-state index contributed by atoms with van der Waals surface area (Å²) in [6, 6.07) is 2.18. The van der Waals surface area contributed by atoms with E-state index in [4.69, 9.17) is 5.11 Å². The molecule has 1 rings (SSSR count). The third kappa shape index (κ3) is 2.84. The highest BCUT2D eigenvalue weighted by Crippen LogP contribution is 2.09. The zero-order valence-electron chi connectivity index (χ0n) is 9.16. The molecule has 0 fully saturated rings. The van der Waals surface area contributed by atoms with Crippen LogP contribution in [0.2, 0.25) is 0 Å². The second kappa shape index (κ2) is 5.81. The lowest BCUT2D eigenvalue weighted by Gasteiger charge is -2.02. The number of hydrogen-bond donors (Lipinski definition) is 1. The highest BCUT2D eigenvalue weighted by Gasteiger charge is 2.04. The summed E-state index contributed by atoms with van der Waals surface area (Å²) in [7, 11) is 0. The minimum atomic E-state index is 0.293. The Balaban J connectivity index is 2.59. The highest BCUT2D eigenvalue weighted by molar-refractivity contribution is 5.10. The summed E-state index contributed by atoms with van der Waals surface area (Å²) >= 11 is 0. The fourth-order valence-electron chi connectivity index (χ4n) is 1.58. The van der Waals surface area contributed by atoms with E-state index in [0.29, 0.717) is 6.61 Å². The van der Waals surface area contributed by atoms with Gasteiger partial charge in [0, 0.05) is 18.8 Å². The second-order valence-corrected chi connectivity index (χ2v) is 3.48. The molecule has 1 N–H and O–H groups in total. The fourth-order valence-corrected chi connectivity index (χ4v) is 1.58. The van der Waals surface area contributed by atoms with Gasteiger partial charge in [-0.3, -0.25) is 4.68 Å². The molecule has 0 unspecified atom stereocenters. The van der Waals surface area contributed by atoms with E-state index in [1.165, 1.54) is 11.4 Å². The van der Waals surface area contributed by atoms with Gasteiger partial charge in [-0.25, -0.2) is 0 Å². The van der Waals surface area contributed by atoms with Gasteiger partial charge in [0.25, 0.3) is 0 Å². The molecule has 0 aliphatic carbocycles. The van der Waals surface area contributed by atoms with Gasteiger partial charge in [-0.15, -0.1) is 0 Å². The molecule has 0 saturated carbocycles. The van der Waals surface area contributed by atoms with Crippen LogP contribution in [0.25, 0.3) is 0 Å². The molecule has 1 heterocycles. The molecule has 3 heteroatoms. The third-order valence-corrected chi connectivity index (χ3v) is 2.42. The van der Waals surface area contributed by atoms with E-state index in [9.17, 15) is 0 Å². The normalized spacial score (nSPS) is 10.8. The highest BCUT2D eigenvalue weighted by atomic mass is 16.2. The first-order valence-electron chi connectivity index (χ1n) is 5.48. The Hall–Kier alpha value is -0.830. The lowest BCUT2D eigenvalue weighted by Crippen LogP contribution is -2.03. The average molecular weight is 196 g/mol. The molecule has 0 saturated heterocycles. The number of hydrogen-bond acceptors (Lipinski definition) is 2. The minimum absolute atomic E-state index is 0.293. The first kappa shape index (κ1) is 11.2. The maximum atomic E-state index is 8.70. The van der Waals surface area contributed by atoms with E-state index < -0.39 is 0 Å². The number of aromatic nitrogens is 2. The fraction of sp³-hybridized carbons (Fsp3) is 0.727. The molecular weight excluding hydrogens is 176 g/mol. The summed E-state index contributed by atoms with van der Waals surface area (Å²) in [5, 5.41) is 13.2. The van der Waals surface area contributed by atoms with Crippen LogP contribution < -0.4 is 0 Å². The van der Waals surface area contributed by atoms with Crippen LogP contribution in [0.4, 0.5) is 0 Å². The van der Waals surface area contributed by atoms with Crippen LogP contribution in [0, 0.1) is 0 Å². The zero-order valence-corrected chi connectivity index (χ0v) is 9.16. The molecule has 0 atom stereocenters. The molecule has 0 bridgehead atoms. The van der Waals surface area contributed by atoms with Gasteiger partial charge in [0.05, 0.1) is 5.69 Å². The molecule has 0 aliphatic rings. The molecule has 0 spiro atoms. The van der Waals surface area contributed by atoms with Crippen molar-refractivity contribution in [3.8, 4) is 0 Å². The van der Waals surface area contributed by atoms with Gasteiger partial charge in [-0.1, -0.05) is 6.92 Å². The Morgan fingerprint density at radius 2 is 2.14 bits per heavy atom. The zero-order chi connectivity index (χ0) is 10.4. The van der Waals surface area contributed by atoms with Crippen molar-refractivity contribution in [3.05, 3.63) is 17.5 Å². The second-order valence-electron chi connectivity index (χ2n) is 3.48. The van der Waals surface area contributed by atoms with Gasteiger partial charge in [-0.05, 0) is 38.7 Å². The SMILES string of the molecule is CCc1cc(CCCCO)n(CC)n1. The van der Waals surface area contributed by atoms with Crippen LogP contribution in [0.3, 0.4) is 0 Å². The van der Waals surface area contributed by atoms with Crippen LogP contribution in [-0.4, -0.2) is 21.5 Å². The summed E-state index contributed by atoms with van der Waals surface area (Å²) in [6.45, 7) is 5.47. The van der Waals surface area contributed by atoms with E-state index in [2.05, 4.69) is 29.7 Å². The van der Waals surface area contributed by atoms with E-state index >= 15 is 0 Å². The van der Waals surface area contributed by atoms with Crippen LogP contribution in [0.5, 0.6) is 0 Å². The number of aryl methyl sites for hydroxylation is 3. The van der Waals surface area contributed by atoms with Crippen molar-refractivity contribution in [3.63, 3.8) is 0 Å². The number of rotatable bonds is 6. The van der Waals surface area contributed by atoms with Crippen LogP contribution in [0.15, 0.2) is 6.07 Å². The monoisotopic (exact) mass is 196 g/mol. The van der Waals surface area contributed by atoms with Crippen molar-refractivity contribution >= 4 is 0 Å². The van der Waals surface area contributed by atoms with Gasteiger partial charge in [0.2, 0.25) is 0 Å². The van der Waals surface area contributed by atoms with Crippen LogP contribution in [0.1, 0.15) is 38.1 Å². The lowest BCUT2D eigenvalue weighted by atomic mass is 10.2. The first-order valence-corrected chi connectivity index (χ1v) is 5.48. The van der Waals surface area contributed by atoms with Gasteiger partial charge >= 0.3 is 0 Å². The number of aliphatic hydroxyl groups excluding tert-OH is 1. The van der Waals surface area contributed by atoms with Crippen molar-refractivity contribution in [2.45, 2.75) is 46.1 Å². The van der Waals surface area contributed by atoms with Crippen molar-refractivity contribution in [1.82, 2.24) is 9.78 Å². The third-order valence-electron chi connectivity index (χ3n) is 2.42. The molecule has 14 heavy (non-hydrogen) atoms. The summed E-state index contributed by atoms with van der Waals surface area (Å²) in [6.07, 6.45) is 3.96. The summed E-state index contributed by atoms with van der Waals surface area (Å²) in [5.74, 6) is 0. The smallest absolute Gasteiger partial charge is 0.0624 e. The summed E-state index contributed by atoms with van der Waals surface area (Å²) < 4.78 is 2.07. The van der Waals surface area contributed by atoms with E-state index in [1.807, 2.05) is 0 Å². The predicted octanol–water partition coefficient (Wildman–Crippen LogP) is 1.78. The molecule has 0 aromatic carbocycles.